The predicted octanol–water partition coefficient (Wildman–Crippen LogP) is 4.99. The number of aliphatic hydroxyl groups excluding tert-OH is 1. The molecule has 1 fully saturated rings. The first-order valence-corrected chi connectivity index (χ1v) is 11.4. The topological polar surface area (TPSA) is 59.1 Å². The molecule has 1 heterocycles. The van der Waals surface area contributed by atoms with Crippen LogP contribution in [-0.4, -0.2) is 22.2 Å². The Morgan fingerprint density at radius 3 is 2.93 bits per heavy atom. The number of benzene rings is 1. The summed E-state index contributed by atoms with van der Waals surface area (Å²) in [6, 6.07) is 7.02. The van der Waals surface area contributed by atoms with Crippen LogP contribution < -0.4 is 5.73 Å². The van der Waals surface area contributed by atoms with Crippen LogP contribution in [0, 0.1) is 0 Å². The molecular weight excluding hydrogens is 352 g/mol. The number of nitrogens with zero attached hydrogens (tertiary/aromatic N) is 1. The molecule has 4 rings (SSSR count). The quantitative estimate of drug-likeness (QED) is 0.661. The Morgan fingerprint density at radius 1 is 1.26 bits per heavy atom. The summed E-state index contributed by atoms with van der Waals surface area (Å²) in [5.41, 5.74) is 11.5. The molecule has 0 amide bonds. The van der Waals surface area contributed by atoms with Crippen molar-refractivity contribution in [2.24, 2.45) is 5.73 Å². The number of aliphatic hydroxyl groups is 1. The molecule has 3 N–H and O–H groups in total. The fourth-order valence-corrected chi connectivity index (χ4v) is 5.94. The van der Waals surface area contributed by atoms with Gasteiger partial charge in [-0.3, -0.25) is 0 Å². The van der Waals surface area contributed by atoms with Crippen LogP contribution in [0.2, 0.25) is 0 Å². The Balaban J connectivity index is 1.51. The summed E-state index contributed by atoms with van der Waals surface area (Å²) in [5, 5.41) is 10.9. The molecule has 2 aliphatic carbocycles. The molecule has 0 spiro atoms. The lowest BCUT2D eigenvalue weighted by atomic mass is 9.87. The SMILES string of the molecule is CCCCCCc1nc2c(s1)-c1ccc([C@H]3CC[C@](N)(CO)C3)cc1CC2. The second-order valence-electron chi connectivity index (χ2n) is 8.57. The minimum Gasteiger partial charge on any atom is -0.394 e. The number of hydrogen-bond acceptors (Lipinski definition) is 4. The van der Waals surface area contributed by atoms with Gasteiger partial charge in [-0.2, -0.15) is 0 Å². The Hall–Kier alpha value is -1.23. The highest BCUT2D eigenvalue weighted by molar-refractivity contribution is 7.15. The number of unbranched alkanes of at least 4 members (excludes halogenated alkanes) is 3. The maximum Gasteiger partial charge on any atom is 0.0934 e. The van der Waals surface area contributed by atoms with Crippen molar-refractivity contribution in [1.82, 2.24) is 4.98 Å². The highest BCUT2D eigenvalue weighted by Crippen LogP contribution is 2.43. The van der Waals surface area contributed by atoms with Gasteiger partial charge in [0.1, 0.15) is 0 Å². The lowest BCUT2D eigenvalue weighted by molar-refractivity contribution is 0.198. The fourth-order valence-electron chi connectivity index (χ4n) is 4.72. The van der Waals surface area contributed by atoms with Crippen molar-refractivity contribution in [3.63, 3.8) is 0 Å². The summed E-state index contributed by atoms with van der Waals surface area (Å²) in [6.45, 7) is 2.36. The molecule has 146 valence electrons. The maximum absolute atomic E-state index is 9.55. The van der Waals surface area contributed by atoms with E-state index in [1.807, 2.05) is 11.3 Å². The van der Waals surface area contributed by atoms with Gasteiger partial charge in [0.15, 0.2) is 0 Å². The van der Waals surface area contributed by atoms with E-state index in [0.717, 1.165) is 38.5 Å². The first-order chi connectivity index (χ1) is 13.1. The second-order valence-corrected chi connectivity index (χ2v) is 9.65. The van der Waals surface area contributed by atoms with Crippen LogP contribution >= 0.6 is 11.3 Å². The van der Waals surface area contributed by atoms with Crippen molar-refractivity contribution < 1.29 is 5.11 Å². The smallest absolute Gasteiger partial charge is 0.0934 e. The van der Waals surface area contributed by atoms with Crippen molar-refractivity contribution >= 4 is 11.3 Å². The van der Waals surface area contributed by atoms with E-state index in [1.54, 1.807) is 0 Å². The molecule has 2 aromatic rings. The number of aromatic nitrogens is 1. The molecule has 2 aliphatic rings. The Bertz CT molecular complexity index is 800. The molecule has 1 aromatic heterocycles. The lowest BCUT2D eigenvalue weighted by Gasteiger charge is -2.22. The average molecular weight is 385 g/mol. The number of rotatable bonds is 7. The van der Waals surface area contributed by atoms with E-state index in [4.69, 9.17) is 10.7 Å². The van der Waals surface area contributed by atoms with Gasteiger partial charge in [0.2, 0.25) is 0 Å². The van der Waals surface area contributed by atoms with Crippen LogP contribution in [-0.2, 0) is 19.3 Å². The first-order valence-electron chi connectivity index (χ1n) is 10.6. The zero-order valence-electron chi connectivity index (χ0n) is 16.5. The normalized spacial score (nSPS) is 24.0. The summed E-state index contributed by atoms with van der Waals surface area (Å²) >= 11 is 1.91. The monoisotopic (exact) mass is 384 g/mol. The zero-order chi connectivity index (χ0) is 18.9. The first kappa shape index (κ1) is 19.1. The minimum absolute atomic E-state index is 0.0969. The van der Waals surface area contributed by atoms with E-state index in [-0.39, 0.29) is 12.1 Å². The molecule has 3 nitrogen and oxygen atoms in total. The van der Waals surface area contributed by atoms with Crippen molar-refractivity contribution in [2.75, 3.05) is 6.61 Å². The Morgan fingerprint density at radius 2 is 2.15 bits per heavy atom. The van der Waals surface area contributed by atoms with Gasteiger partial charge in [0, 0.05) is 5.54 Å². The van der Waals surface area contributed by atoms with Crippen LogP contribution in [0.15, 0.2) is 18.2 Å². The van der Waals surface area contributed by atoms with E-state index in [9.17, 15) is 5.11 Å². The summed E-state index contributed by atoms with van der Waals surface area (Å²) in [4.78, 5) is 6.36. The number of aryl methyl sites for hydroxylation is 3. The van der Waals surface area contributed by atoms with Crippen LogP contribution in [0.3, 0.4) is 0 Å². The predicted molar refractivity (Wildman–Crippen MR) is 113 cm³/mol. The third kappa shape index (κ3) is 3.98. The molecule has 4 heteroatoms. The van der Waals surface area contributed by atoms with Crippen molar-refractivity contribution in [1.29, 1.82) is 0 Å². The fraction of sp³-hybridized carbons (Fsp3) is 0.609. The van der Waals surface area contributed by atoms with E-state index in [1.165, 1.54) is 58.0 Å². The number of hydrogen-bond donors (Lipinski definition) is 2. The Labute approximate surface area is 167 Å². The number of nitrogens with two attached hydrogens (primary N) is 1. The zero-order valence-corrected chi connectivity index (χ0v) is 17.3. The second kappa shape index (κ2) is 8.02. The Kier molecular flexibility index (Phi) is 5.68. The molecule has 0 aliphatic heterocycles. The van der Waals surface area contributed by atoms with Crippen LogP contribution in [0.5, 0.6) is 0 Å². The van der Waals surface area contributed by atoms with E-state index < -0.39 is 0 Å². The van der Waals surface area contributed by atoms with Crippen molar-refractivity contribution in [3.8, 4) is 10.4 Å². The molecule has 2 atom stereocenters. The summed E-state index contributed by atoms with van der Waals surface area (Å²) < 4.78 is 0. The van der Waals surface area contributed by atoms with Crippen molar-refractivity contribution in [3.05, 3.63) is 40.0 Å². The molecule has 1 aromatic carbocycles. The van der Waals surface area contributed by atoms with Gasteiger partial charge in [0.25, 0.3) is 0 Å². The van der Waals surface area contributed by atoms with Crippen LogP contribution in [0.4, 0.5) is 0 Å². The third-order valence-corrected chi connectivity index (χ3v) is 7.61. The van der Waals surface area contributed by atoms with Crippen LogP contribution in [0.1, 0.15) is 79.6 Å². The van der Waals surface area contributed by atoms with Gasteiger partial charge in [-0.25, -0.2) is 4.98 Å². The van der Waals surface area contributed by atoms with Gasteiger partial charge in [0.05, 0.1) is 22.2 Å². The van der Waals surface area contributed by atoms with E-state index >= 15 is 0 Å². The highest BCUT2D eigenvalue weighted by Gasteiger charge is 2.36. The van der Waals surface area contributed by atoms with Crippen LogP contribution in [0.25, 0.3) is 10.4 Å². The summed E-state index contributed by atoms with van der Waals surface area (Å²) in [7, 11) is 0. The minimum atomic E-state index is -0.377. The summed E-state index contributed by atoms with van der Waals surface area (Å²) in [6.07, 6.45) is 11.4. The standard InChI is InChI=1S/C23H32N2OS/c1-2-3-4-5-6-21-25-20-10-8-17-13-16(7-9-19(17)22(20)27-21)18-11-12-23(24,14-18)15-26/h7,9,13,18,26H,2-6,8,10-12,14-15,24H2,1H3/t18-,23+/m0/s1. The molecular formula is C23H32N2OS. The average Bonchev–Trinajstić information content (AvgIpc) is 3.29. The number of thiazole rings is 1. The van der Waals surface area contributed by atoms with Gasteiger partial charge in [-0.05, 0) is 67.6 Å². The number of fused-ring (bicyclic) bond motifs is 3. The molecule has 0 bridgehead atoms. The maximum atomic E-state index is 9.55. The van der Waals surface area contributed by atoms with Crippen molar-refractivity contribution in [2.45, 2.75) is 82.6 Å². The van der Waals surface area contributed by atoms with Gasteiger partial charge in [-0.15, -0.1) is 11.3 Å². The summed E-state index contributed by atoms with van der Waals surface area (Å²) in [5.74, 6) is 0.490. The molecule has 27 heavy (non-hydrogen) atoms. The molecule has 0 saturated heterocycles. The largest absolute Gasteiger partial charge is 0.394 e. The molecule has 0 unspecified atom stereocenters. The molecule has 1 saturated carbocycles. The van der Waals surface area contributed by atoms with Gasteiger partial charge >= 0.3 is 0 Å². The third-order valence-electron chi connectivity index (χ3n) is 6.42. The van der Waals surface area contributed by atoms with Gasteiger partial charge < -0.3 is 10.8 Å². The van der Waals surface area contributed by atoms with E-state index in [0.29, 0.717) is 5.92 Å². The lowest BCUT2D eigenvalue weighted by Crippen LogP contribution is -2.40. The van der Waals surface area contributed by atoms with E-state index in [2.05, 4.69) is 25.1 Å². The highest BCUT2D eigenvalue weighted by atomic mass is 32.1. The molecule has 0 radical (unpaired) electrons. The van der Waals surface area contributed by atoms with Gasteiger partial charge in [-0.1, -0.05) is 44.4 Å².